The lowest BCUT2D eigenvalue weighted by molar-refractivity contribution is 0.297. The molecule has 14 heavy (non-hydrogen) atoms. The average molecular weight is 232 g/mol. The summed E-state index contributed by atoms with van der Waals surface area (Å²) in [7, 11) is 0. The zero-order valence-corrected chi connectivity index (χ0v) is 9.05. The average Bonchev–Trinajstić information content (AvgIpc) is 2.85. The first-order valence-electron chi connectivity index (χ1n) is 4.51. The molecule has 0 spiro atoms. The monoisotopic (exact) mass is 231 g/mol. The Hall–Kier alpha value is -0.440. The summed E-state index contributed by atoms with van der Waals surface area (Å²) in [6.45, 7) is 0.626. The van der Waals surface area contributed by atoms with E-state index in [0.29, 0.717) is 34.4 Å². The molecule has 0 saturated heterocycles. The van der Waals surface area contributed by atoms with Crippen LogP contribution in [-0.2, 0) is 0 Å². The lowest BCUT2D eigenvalue weighted by Gasteiger charge is -2.07. The van der Waals surface area contributed by atoms with Gasteiger partial charge in [-0.15, -0.1) is 0 Å². The third-order valence-corrected chi connectivity index (χ3v) is 3.15. The van der Waals surface area contributed by atoms with Crippen LogP contribution < -0.4 is 10.5 Å². The molecule has 1 aromatic carbocycles. The fourth-order valence-electron chi connectivity index (χ4n) is 1.25. The smallest absolute Gasteiger partial charge is 0.139 e. The first kappa shape index (κ1) is 10.1. The molecule has 1 aliphatic carbocycles. The maximum atomic E-state index is 5.95. The lowest BCUT2D eigenvalue weighted by Crippen LogP contribution is -2.08. The molecule has 0 radical (unpaired) electrons. The van der Waals surface area contributed by atoms with Crippen molar-refractivity contribution in [3.8, 4) is 5.75 Å². The highest BCUT2D eigenvalue weighted by Gasteiger charge is 2.34. The standard InChI is InChI=1S/C10H11Cl2NO/c11-7-2-1-3-9(10(7)12)14-5-6-4-8(6)13/h1-3,6,8H,4-5,13H2. The Labute approximate surface area is 92.9 Å². The Balaban J connectivity index is 1.98. The summed E-state index contributed by atoms with van der Waals surface area (Å²) in [5.74, 6) is 1.11. The molecule has 0 aliphatic heterocycles. The van der Waals surface area contributed by atoms with Gasteiger partial charge in [0, 0.05) is 12.0 Å². The summed E-state index contributed by atoms with van der Waals surface area (Å²) < 4.78 is 5.52. The van der Waals surface area contributed by atoms with Crippen LogP contribution in [0.3, 0.4) is 0 Å². The summed E-state index contributed by atoms with van der Waals surface area (Å²) in [5, 5.41) is 0.993. The van der Waals surface area contributed by atoms with Gasteiger partial charge in [0.2, 0.25) is 0 Å². The fourth-order valence-corrected chi connectivity index (χ4v) is 1.60. The summed E-state index contributed by atoms with van der Waals surface area (Å²) in [4.78, 5) is 0. The van der Waals surface area contributed by atoms with Crippen LogP contribution in [0.15, 0.2) is 18.2 Å². The van der Waals surface area contributed by atoms with Crippen LogP contribution in [0.5, 0.6) is 5.75 Å². The van der Waals surface area contributed by atoms with Gasteiger partial charge in [0.1, 0.15) is 10.8 Å². The molecule has 2 atom stereocenters. The Morgan fingerprint density at radius 3 is 2.79 bits per heavy atom. The fraction of sp³-hybridized carbons (Fsp3) is 0.400. The van der Waals surface area contributed by atoms with E-state index in [9.17, 15) is 0 Å². The normalized spacial score (nSPS) is 24.8. The first-order valence-corrected chi connectivity index (χ1v) is 5.26. The molecule has 1 fully saturated rings. The number of benzene rings is 1. The highest BCUT2D eigenvalue weighted by atomic mass is 35.5. The topological polar surface area (TPSA) is 35.2 Å². The lowest BCUT2D eigenvalue weighted by atomic mass is 10.3. The van der Waals surface area contributed by atoms with Crippen molar-refractivity contribution in [1.82, 2.24) is 0 Å². The number of hydrogen-bond acceptors (Lipinski definition) is 2. The molecule has 2 N–H and O–H groups in total. The van der Waals surface area contributed by atoms with Gasteiger partial charge in [0.05, 0.1) is 11.6 Å². The molecule has 76 valence electrons. The maximum absolute atomic E-state index is 5.95. The van der Waals surface area contributed by atoms with Crippen LogP contribution in [-0.4, -0.2) is 12.6 Å². The van der Waals surface area contributed by atoms with Crippen LogP contribution in [0.4, 0.5) is 0 Å². The van der Waals surface area contributed by atoms with Crippen molar-refractivity contribution >= 4 is 23.2 Å². The molecule has 1 saturated carbocycles. The number of halogens is 2. The largest absolute Gasteiger partial charge is 0.492 e. The van der Waals surface area contributed by atoms with Crippen LogP contribution in [0.1, 0.15) is 6.42 Å². The number of hydrogen-bond donors (Lipinski definition) is 1. The molecular weight excluding hydrogens is 221 g/mol. The summed E-state index contributed by atoms with van der Waals surface area (Å²) >= 11 is 11.8. The van der Waals surface area contributed by atoms with E-state index >= 15 is 0 Å². The van der Waals surface area contributed by atoms with E-state index in [1.807, 2.05) is 12.1 Å². The van der Waals surface area contributed by atoms with Crippen LogP contribution >= 0.6 is 23.2 Å². The van der Waals surface area contributed by atoms with Gasteiger partial charge in [0.15, 0.2) is 0 Å². The minimum atomic E-state index is 0.299. The first-order chi connectivity index (χ1) is 6.68. The Morgan fingerprint density at radius 2 is 2.14 bits per heavy atom. The van der Waals surface area contributed by atoms with Gasteiger partial charge >= 0.3 is 0 Å². The van der Waals surface area contributed by atoms with E-state index in [2.05, 4.69) is 0 Å². The van der Waals surface area contributed by atoms with Crippen molar-refractivity contribution < 1.29 is 4.74 Å². The van der Waals surface area contributed by atoms with Crippen molar-refractivity contribution in [1.29, 1.82) is 0 Å². The van der Waals surface area contributed by atoms with Crippen LogP contribution in [0.25, 0.3) is 0 Å². The molecule has 4 heteroatoms. The number of nitrogens with two attached hydrogens (primary N) is 1. The van der Waals surface area contributed by atoms with Gasteiger partial charge in [-0.1, -0.05) is 29.3 Å². The van der Waals surface area contributed by atoms with Crippen molar-refractivity contribution in [2.24, 2.45) is 11.7 Å². The predicted octanol–water partition coefficient (Wildman–Crippen LogP) is 2.72. The Bertz CT molecular complexity index is 343. The summed E-state index contributed by atoms with van der Waals surface area (Å²) in [5.41, 5.74) is 5.66. The highest BCUT2D eigenvalue weighted by molar-refractivity contribution is 6.42. The molecular formula is C10H11Cl2NO. The predicted molar refractivity (Wildman–Crippen MR) is 58.0 cm³/mol. The van der Waals surface area contributed by atoms with Crippen molar-refractivity contribution in [3.05, 3.63) is 28.2 Å². The summed E-state index contributed by atoms with van der Waals surface area (Å²) in [6, 6.07) is 5.66. The van der Waals surface area contributed by atoms with Gasteiger partial charge in [-0.25, -0.2) is 0 Å². The molecule has 0 amide bonds. The maximum Gasteiger partial charge on any atom is 0.139 e. The van der Waals surface area contributed by atoms with E-state index in [1.165, 1.54) is 0 Å². The summed E-state index contributed by atoms with van der Waals surface area (Å²) in [6.07, 6.45) is 1.04. The van der Waals surface area contributed by atoms with Crippen LogP contribution in [0.2, 0.25) is 10.0 Å². The quantitative estimate of drug-likeness (QED) is 0.869. The van der Waals surface area contributed by atoms with Crippen LogP contribution in [0, 0.1) is 5.92 Å². The zero-order valence-electron chi connectivity index (χ0n) is 7.54. The second-order valence-electron chi connectivity index (χ2n) is 3.52. The van der Waals surface area contributed by atoms with E-state index in [0.717, 1.165) is 6.42 Å². The second-order valence-corrected chi connectivity index (χ2v) is 4.31. The van der Waals surface area contributed by atoms with E-state index in [-0.39, 0.29) is 0 Å². The van der Waals surface area contributed by atoms with Gasteiger partial charge < -0.3 is 10.5 Å². The third-order valence-electron chi connectivity index (χ3n) is 2.35. The zero-order chi connectivity index (χ0) is 10.1. The van der Waals surface area contributed by atoms with Crippen molar-refractivity contribution in [2.75, 3.05) is 6.61 Å². The minimum Gasteiger partial charge on any atom is -0.492 e. The molecule has 1 aromatic rings. The van der Waals surface area contributed by atoms with Crippen molar-refractivity contribution in [3.63, 3.8) is 0 Å². The molecule has 2 unspecified atom stereocenters. The third kappa shape index (κ3) is 2.14. The molecule has 0 heterocycles. The van der Waals surface area contributed by atoms with Gasteiger partial charge in [-0.3, -0.25) is 0 Å². The van der Waals surface area contributed by atoms with Gasteiger partial charge in [-0.2, -0.15) is 0 Å². The van der Waals surface area contributed by atoms with E-state index in [1.54, 1.807) is 6.07 Å². The van der Waals surface area contributed by atoms with Gasteiger partial charge in [0.25, 0.3) is 0 Å². The minimum absolute atomic E-state index is 0.299. The number of rotatable bonds is 3. The van der Waals surface area contributed by atoms with Crippen molar-refractivity contribution in [2.45, 2.75) is 12.5 Å². The molecule has 0 bridgehead atoms. The molecule has 0 aromatic heterocycles. The van der Waals surface area contributed by atoms with Gasteiger partial charge in [-0.05, 0) is 18.6 Å². The molecule has 2 nitrogen and oxygen atoms in total. The SMILES string of the molecule is NC1CC1COc1cccc(Cl)c1Cl. The Morgan fingerprint density at radius 1 is 1.43 bits per heavy atom. The van der Waals surface area contributed by atoms with E-state index < -0.39 is 0 Å². The Kier molecular flexibility index (Phi) is 2.86. The molecule has 1 aliphatic rings. The number of ether oxygens (including phenoxy) is 1. The van der Waals surface area contributed by atoms with E-state index in [4.69, 9.17) is 33.7 Å². The molecule has 2 rings (SSSR count). The second kappa shape index (κ2) is 3.97. The highest BCUT2D eigenvalue weighted by Crippen LogP contribution is 2.34.